The van der Waals surface area contributed by atoms with Crippen molar-refractivity contribution in [3.63, 3.8) is 0 Å². The number of hydrogen-bond acceptors (Lipinski definition) is 5. The van der Waals surface area contributed by atoms with Crippen LogP contribution in [0.5, 0.6) is 0 Å². The Balaban J connectivity index is 2.05. The van der Waals surface area contributed by atoms with Crippen molar-refractivity contribution in [1.82, 2.24) is 20.0 Å². The van der Waals surface area contributed by atoms with Crippen LogP contribution in [0.15, 0.2) is 0 Å². The molecule has 1 aliphatic heterocycles. The normalized spacial score (nSPS) is 19.4. The van der Waals surface area contributed by atoms with E-state index in [1.54, 1.807) is 4.68 Å². The van der Waals surface area contributed by atoms with Crippen molar-refractivity contribution in [3.8, 4) is 0 Å². The average Bonchev–Trinajstić information content (AvgIpc) is 2.75. The molecule has 2 rings (SSSR count). The fourth-order valence-corrected chi connectivity index (χ4v) is 3.10. The molecule has 0 saturated carbocycles. The molecule has 0 spiro atoms. The van der Waals surface area contributed by atoms with E-state index < -0.39 is 0 Å². The third-order valence-electron chi connectivity index (χ3n) is 4.41. The van der Waals surface area contributed by atoms with Crippen LogP contribution in [0.25, 0.3) is 0 Å². The number of esters is 1. The monoisotopic (exact) mass is 308 g/mol. The summed E-state index contributed by atoms with van der Waals surface area (Å²) in [4.78, 5) is 14.1. The molecule has 1 aromatic heterocycles. The van der Waals surface area contributed by atoms with Gasteiger partial charge in [0.05, 0.1) is 12.3 Å². The van der Waals surface area contributed by atoms with Crippen LogP contribution in [0.4, 0.5) is 0 Å². The number of aryl methyl sites for hydroxylation is 1. The van der Waals surface area contributed by atoms with Crippen molar-refractivity contribution >= 4 is 5.97 Å². The summed E-state index contributed by atoms with van der Waals surface area (Å²) in [5.74, 6) is -0.229. The number of nitrogens with zero attached hydrogens (tertiary/aromatic N) is 3. The molecule has 1 fully saturated rings. The molecule has 1 atom stereocenters. The molecular formula is C16H28N4O2. The molecule has 1 aromatic rings. The predicted octanol–water partition coefficient (Wildman–Crippen LogP) is 1.25. The van der Waals surface area contributed by atoms with E-state index in [0.717, 1.165) is 31.0 Å². The number of likely N-dealkylation sites (N-methyl/N-ethyl adjacent to an activating group) is 1. The third kappa shape index (κ3) is 4.08. The van der Waals surface area contributed by atoms with E-state index in [1.165, 1.54) is 18.4 Å². The molecule has 0 aliphatic carbocycles. The highest BCUT2D eigenvalue weighted by molar-refractivity contribution is 5.69. The number of carbonyl (C=O) groups excluding carboxylic acids is 1. The molecule has 1 saturated heterocycles. The van der Waals surface area contributed by atoms with Gasteiger partial charge in [0.15, 0.2) is 0 Å². The van der Waals surface area contributed by atoms with Gasteiger partial charge in [0.1, 0.15) is 6.54 Å². The van der Waals surface area contributed by atoms with E-state index >= 15 is 0 Å². The molecule has 6 heteroatoms. The number of aromatic nitrogens is 2. The van der Waals surface area contributed by atoms with Gasteiger partial charge in [0, 0.05) is 30.4 Å². The summed E-state index contributed by atoms with van der Waals surface area (Å²) in [6.07, 6.45) is 2.47. The molecule has 1 unspecified atom stereocenters. The van der Waals surface area contributed by atoms with Crippen LogP contribution >= 0.6 is 0 Å². The van der Waals surface area contributed by atoms with Crippen LogP contribution < -0.4 is 5.32 Å². The smallest absolute Gasteiger partial charge is 0.327 e. The average molecular weight is 308 g/mol. The van der Waals surface area contributed by atoms with Gasteiger partial charge in [0.2, 0.25) is 0 Å². The lowest BCUT2D eigenvalue weighted by Gasteiger charge is -2.32. The predicted molar refractivity (Wildman–Crippen MR) is 85.7 cm³/mol. The molecule has 22 heavy (non-hydrogen) atoms. The Hall–Kier alpha value is -1.40. The van der Waals surface area contributed by atoms with Gasteiger partial charge in [-0.05, 0) is 47.2 Å². The number of rotatable bonds is 6. The minimum Gasteiger partial charge on any atom is -0.465 e. The standard InChI is InChI=1S/C16H28N4O2/c1-5-22-16(21)11-20-13(3)15(12(2)18-20)10-19-8-6-7-14(9-19)17-4/h14,17H,5-11H2,1-4H3. The zero-order valence-corrected chi connectivity index (χ0v) is 14.2. The van der Waals surface area contributed by atoms with Gasteiger partial charge in [-0.2, -0.15) is 5.10 Å². The number of hydrogen-bond donors (Lipinski definition) is 1. The van der Waals surface area contributed by atoms with E-state index in [4.69, 9.17) is 4.74 Å². The second-order valence-electron chi connectivity index (χ2n) is 5.97. The lowest BCUT2D eigenvalue weighted by molar-refractivity contribution is -0.144. The highest BCUT2D eigenvalue weighted by atomic mass is 16.5. The maximum Gasteiger partial charge on any atom is 0.327 e. The van der Waals surface area contributed by atoms with Gasteiger partial charge >= 0.3 is 5.97 Å². The van der Waals surface area contributed by atoms with Gasteiger partial charge in [-0.25, -0.2) is 0 Å². The topological polar surface area (TPSA) is 59.4 Å². The van der Waals surface area contributed by atoms with Crippen LogP contribution in [0, 0.1) is 13.8 Å². The molecule has 2 heterocycles. The van der Waals surface area contributed by atoms with Crippen LogP contribution in [0.1, 0.15) is 36.7 Å². The summed E-state index contributed by atoms with van der Waals surface area (Å²) in [6.45, 7) is 9.57. The van der Waals surface area contributed by atoms with Gasteiger partial charge < -0.3 is 10.1 Å². The molecule has 6 nitrogen and oxygen atoms in total. The zero-order chi connectivity index (χ0) is 16.1. The quantitative estimate of drug-likeness (QED) is 0.802. The van der Waals surface area contributed by atoms with E-state index in [0.29, 0.717) is 12.6 Å². The minimum absolute atomic E-state index is 0.194. The number of piperidine rings is 1. The Bertz CT molecular complexity index is 512. The number of nitrogens with one attached hydrogen (secondary N) is 1. The van der Waals surface area contributed by atoms with E-state index in [-0.39, 0.29) is 12.5 Å². The van der Waals surface area contributed by atoms with E-state index in [2.05, 4.69) is 15.3 Å². The molecule has 0 amide bonds. The number of carbonyl (C=O) groups is 1. The Morgan fingerprint density at radius 1 is 1.45 bits per heavy atom. The van der Waals surface area contributed by atoms with Crippen molar-refractivity contribution in [1.29, 1.82) is 0 Å². The Kier molecular flexibility index (Phi) is 5.97. The van der Waals surface area contributed by atoms with Gasteiger partial charge in [-0.3, -0.25) is 14.4 Å². The molecule has 0 bridgehead atoms. The molecule has 124 valence electrons. The SMILES string of the molecule is CCOC(=O)Cn1nc(C)c(CN2CCCC(NC)C2)c1C. The summed E-state index contributed by atoms with van der Waals surface area (Å²) in [7, 11) is 2.03. The molecule has 1 aliphatic rings. The van der Waals surface area contributed by atoms with Crippen LogP contribution in [-0.4, -0.2) is 53.4 Å². The zero-order valence-electron chi connectivity index (χ0n) is 14.2. The van der Waals surface area contributed by atoms with Crippen molar-refractivity contribution < 1.29 is 9.53 Å². The summed E-state index contributed by atoms with van der Waals surface area (Å²) in [5, 5.41) is 7.88. The molecular weight excluding hydrogens is 280 g/mol. The van der Waals surface area contributed by atoms with Crippen molar-refractivity contribution in [2.24, 2.45) is 0 Å². The summed E-state index contributed by atoms with van der Waals surface area (Å²) in [6, 6.07) is 0.573. The van der Waals surface area contributed by atoms with Gasteiger partial charge in [-0.15, -0.1) is 0 Å². The fourth-order valence-electron chi connectivity index (χ4n) is 3.10. The van der Waals surface area contributed by atoms with Crippen molar-refractivity contribution in [2.45, 2.75) is 52.7 Å². The maximum absolute atomic E-state index is 11.7. The Morgan fingerprint density at radius 3 is 2.91 bits per heavy atom. The Labute approximate surface area is 132 Å². The lowest BCUT2D eigenvalue weighted by atomic mass is 10.0. The molecule has 1 N–H and O–H groups in total. The first-order valence-electron chi connectivity index (χ1n) is 8.13. The van der Waals surface area contributed by atoms with Gasteiger partial charge in [-0.1, -0.05) is 0 Å². The first-order valence-corrected chi connectivity index (χ1v) is 8.13. The number of ether oxygens (including phenoxy) is 1. The lowest BCUT2D eigenvalue weighted by Crippen LogP contribution is -2.44. The summed E-state index contributed by atoms with van der Waals surface area (Å²) < 4.78 is 6.78. The second kappa shape index (κ2) is 7.74. The van der Waals surface area contributed by atoms with Crippen molar-refractivity contribution in [2.75, 3.05) is 26.7 Å². The molecule has 0 radical (unpaired) electrons. The number of likely N-dealkylation sites (tertiary alicyclic amines) is 1. The second-order valence-corrected chi connectivity index (χ2v) is 5.97. The highest BCUT2D eigenvalue weighted by Crippen LogP contribution is 2.19. The molecule has 0 aromatic carbocycles. The largest absolute Gasteiger partial charge is 0.465 e. The van der Waals surface area contributed by atoms with Crippen LogP contribution in [0.2, 0.25) is 0 Å². The summed E-state index contributed by atoms with van der Waals surface area (Å²) >= 11 is 0. The fraction of sp³-hybridized carbons (Fsp3) is 0.750. The maximum atomic E-state index is 11.7. The Morgan fingerprint density at radius 2 is 2.23 bits per heavy atom. The van der Waals surface area contributed by atoms with Crippen LogP contribution in [-0.2, 0) is 22.6 Å². The first kappa shape index (κ1) is 17.0. The third-order valence-corrected chi connectivity index (χ3v) is 4.41. The minimum atomic E-state index is -0.229. The van der Waals surface area contributed by atoms with E-state index in [1.807, 2.05) is 27.8 Å². The van der Waals surface area contributed by atoms with Crippen LogP contribution in [0.3, 0.4) is 0 Å². The van der Waals surface area contributed by atoms with Gasteiger partial charge in [0.25, 0.3) is 0 Å². The summed E-state index contributed by atoms with van der Waals surface area (Å²) in [5.41, 5.74) is 3.31. The van der Waals surface area contributed by atoms with Crippen molar-refractivity contribution in [3.05, 3.63) is 17.0 Å². The van der Waals surface area contributed by atoms with E-state index in [9.17, 15) is 4.79 Å². The highest BCUT2D eigenvalue weighted by Gasteiger charge is 2.21. The first-order chi connectivity index (χ1) is 10.5.